The number of benzene rings is 1. The fourth-order valence-corrected chi connectivity index (χ4v) is 0.799. The van der Waals surface area contributed by atoms with Crippen molar-refractivity contribution >= 4 is 33.6 Å². The van der Waals surface area contributed by atoms with E-state index in [1.165, 1.54) is 13.2 Å². The van der Waals surface area contributed by atoms with Gasteiger partial charge in [0.25, 0.3) is 0 Å². The maximum atomic E-state index is 10.3. The second-order valence-corrected chi connectivity index (χ2v) is 2.02. The number of aromatic hydroxyl groups is 1. The smallest absolute Gasteiger partial charge is 0.168 e. The minimum absolute atomic E-state index is 0. The van der Waals surface area contributed by atoms with Crippen LogP contribution >= 0.6 is 0 Å². The van der Waals surface area contributed by atoms with E-state index in [9.17, 15) is 9.90 Å². The van der Waals surface area contributed by atoms with Crippen LogP contribution in [0.25, 0.3) is 0 Å². The number of hydrogen-bond donors (Lipinski definition) is 1. The number of carbonyl (C=O) groups is 1. The molecule has 1 N–H and O–H groups in total. The zero-order chi connectivity index (χ0) is 8.27. The number of ether oxygens (including phenoxy) is 1. The zero-order valence-electron chi connectivity index (χ0n) is 6.57. The molecule has 0 saturated heterocycles. The summed E-state index contributed by atoms with van der Waals surface area (Å²) in [5, 5.41) is 9.23. The summed E-state index contributed by atoms with van der Waals surface area (Å²) in [6, 6.07) is 4.75. The summed E-state index contributed by atoms with van der Waals surface area (Å²) in [7, 11) is 1.43. The van der Waals surface area contributed by atoms with Crippen LogP contribution in [-0.2, 0) is 0 Å². The van der Waals surface area contributed by atoms with Gasteiger partial charge >= 0.3 is 0 Å². The first kappa shape index (κ1) is 11.4. The van der Waals surface area contributed by atoms with Gasteiger partial charge in [-0.3, -0.25) is 4.79 Å². The van der Waals surface area contributed by atoms with E-state index in [0.717, 1.165) is 0 Å². The molecule has 0 aliphatic carbocycles. The Morgan fingerprint density at radius 2 is 2.17 bits per heavy atom. The Morgan fingerprint density at radius 3 is 2.67 bits per heavy atom. The second-order valence-electron chi connectivity index (χ2n) is 2.02. The van der Waals surface area contributed by atoms with Gasteiger partial charge in [0.15, 0.2) is 17.8 Å². The van der Waals surface area contributed by atoms with Crippen molar-refractivity contribution in [3.8, 4) is 11.5 Å². The van der Waals surface area contributed by atoms with Crippen LogP contribution in [0.3, 0.4) is 0 Å². The molecule has 0 atom stereocenters. The number of methoxy groups -OCH3 is 1. The largest absolute Gasteiger partial charge is 0.504 e. The van der Waals surface area contributed by atoms with Gasteiger partial charge in [-0.1, -0.05) is 6.07 Å². The molecule has 4 radical (unpaired) electrons. The van der Waals surface area contributed by atoms with Crippen molar-refractivity contribution in [3.63, 3.8) is 0 Å². The van der Waals surface area contributed by atoms with Crippen LogP contribution in [0.15, 0.2) is 18.2 Å². The van der Waals surface area contributed by atoms with Gasteiger partial charge in [-0.05, 0) is 12.1 Å². The van der Waals surface area contributed by atoms with Crippen LogP contribution in [0.4, 0.5) is 0 Å². The molecule has 12 heavy (non-hydrogen) atoms. The van der Waals surface area contributed by atoms with Crippen LogP contribution < -0.4 is 4.74 Å². The third-order valence-electron chi connectivity index (χ3n) is 1.38. The molecule has 0 fully saturated rings. The zero-order valence-corrected chi connectivity index (χ0v) is 10.5. The average Bonchev–Trinajstić information content (AvgIpc) is 2.05. The van der Waals surface area contributed by atoms with Gasteiger partial charge in [-0.2, -0.15) is 0 Å². The van der Waals surface area contributed by atoms with Crippen LogP contribution in [0, 0.1) is 0 Å². The number of para-hydroxylation sites is 1. The summed E-state index contributed by atoms with van der Waals surface area (Å²) < 4.78 is 4.78. The van der Waals surface area contributed by atoms with Crippen LogP contribution in [0.5, 0.6) is 11.5 Å². The second kappa shape index (κ2) is 5.13. The molecule has 0 spiro atoms. The fraction of sp³-hybridized carbons (Fsp3) is 0.125. The molecule has 1 aromatic carbocycles. The van der Waals surface area contributed by atoms with E-state index in [2.05, 4.69) is 0 Å². The Morgan fingerprint density at radius 1 is 1.50 bits per heavy atom. The van der Waals surface area contributed by atoms with Gasteiger partial charge < -0.3 is 9.84 Å². The third-order valence-corrected chi connectivity index (χ3v) is 1.38. The van der Waals surface area contributed by atoms with Crippen molar-refractivity contribution in [1.29, 1.82) is 0 Å². The standard InChI is InChI=1S/C8H8O3.Pb/c1-11-7-4-2-3-6(5-9)8(7)10;/h2-5,10H,1H3;. The van der Waals surface area contributed by atoms with Gasteiger partial charge in [-0.15, -0.1) is 0 Å². The quantitative estimate of drug-likeness (QED) is 0.629. The minimum Gasteiger partial charge on any atom is -0.504 e. The normalized spacial score (nSPS) is 8.42. The van der Waals surface area contributed by atoms with Gasteiger partial charge in [-0.25, -0.2) is 0 Å². The Labute approximate surface area is 90.5 Å². The van der Waals surface area contributed by atoms with Crippen molar-refractivity contribution in [3.05, 3.63) is 23.8 Å². The summed E-state index contributed by atoms with van der Waals surface area (Å²) >= 11 is 0. The van der Waals surface area contributed by atoms with E-state index < -0.39 is 0 Å². The Kier molecular flexibility index (Phi) is 4.88. The monoisotopic (exact) mass is 360 g/mol. The molecule has 0 aromatic heterocycles. The predicted molar refractivity (Wildman–Crippen MR) is 45.8 cm³/mol. The molecule has 1 aromatic rings. The van der Waals surface area contributed by atoms with Gasteiger partial charge in [0.05, 0.1) is 12.7 Å². The van der Waals surface area contributed by atoms with Gasteiger partial charge in [0, 0.05) is 27.3 Å². The van der Waals surface area contributed by atoms with Crippen LogP contribution in [0.2, 0.25) is 0 Å². The van der Waals surface area contributed by atoms with E-state index in [1.54, 1.807) is 12.1 Å². The molecule has 62 valence electrons. The summed E-state index contributed by atoms with van der Waals surface area (Å²) in [5.41, 5.74) is 0.240. The molecule has 0 unspecified atom stereocenters. The SMILES string of the molecule is COc1cccc(C=O)c1O.[Pb]. The first-order valence-corrected chi connectivity index (χ1v) is 3.10. The molecule has 0 heterocycles. The molecule has 0 amide bonds. The maximum absolute atomic E-state index is 10.3. The minimum atomic E-state index is -0.106. The molecule has 0 aliphatic heterocycles. The number of phenolic OH excluding ortho intramolecular Hbond substituents is 1. The van der Waals surface area contributed by atoms with Crippen LogP contribution in [0.1, 0.15) is 10.4 Å². The molecule has 3 nitrogen and oxygen atoms in total. The molecule has 1 rings (SSSR count). The Balaban J connectivity index is 0.00000121. The number of phenols is 1. The summed E-state index contributed by atoms with van der Waals surface area (Å²) in [6.45, 7) is 0. The Hall–Kier alpha value is -0.588. The van der Waals surface area contributed by atoms with E-state index in [4.69, 9.17) is 4.74 Å². The van der Waals surface area contributed by atoms with E-state index in [-0.39, 0.29) is 38.6 Å². The third kappa shape index (κ3) is 2.20. The maximum Gasteiger partial charge on any atom is 0.168 e. The Bertz CT molecular complexity index is 273. The van der Waals surface area contributed by atoms with Crippen molar-refractivity contribution < 1.29 is 14.6 Å². The van der Waals surface area contributed by atoms with E-state index in [0.29, 0.717) is 12.0 Å². The van der Waals surface area contributed by atoms with Gasteiger partial charge in [0.1, 0.15) is 0 Å². The fourth-order valence-electron chi connectivity index (χ4n) is 0.799. The number of hydrogen-bond acceptors (Lipinski definition) is 3. The summed E-state index contributed by atoms with van der Waals surface area (Å²) in [4.78, 5) is 10.3. The van der Waals surface area contributed by atoms with Crippen molar-refractivity contribution in [2.45, 2.75) is 0 Å². The molecule has 4 heteroatoms. The first-order valence-electron chi connectivity index (χ1n) is 3.10. The number of aldehydes is 1. The number of carbonyl (C=O) groups excluding carboxylic acids is 1. The van der Waals surface area contributed by atoms with Crippen LogP contribution in [-0.4, -0.2) is 45.8 Å². The molecular formula is C8H8O3Pb. The summed E-state index contributed by atoms with van der Waals surface area (Å²) in [6.07, 6.45) is 0.581. The molecule has 0 saturated carbocycles. The molecular weight excluding hydrogens is 351 g/mol. The van der Waals surface area contributed by atoms with Gasteiger partial charge in [0.2, 0.25) is 0 Å². The van der Waals surface area contributed by atoms with E-state index >= 15 is 0 Å². The predicted octanol–water partition coefficient (Wildman–Crippen LogP) is 0.832. The first-order chi connectivity index (χ1) is 5.29. The topological polar surface area (TPSA) is 46.5 Å². The molecule has 0 bridgehead atoms. The summed E-state index contributed by atoms with van der Waals surface area (Å²) in [5.74, 6) is 0.208. The number of rotatable bonds is 2. The van der Waals surface area contributed by atoms with E-state index in [1.807, 2.05) is 0 Å². The van der Waals surface area contributed by atoms with Crippen molar-refractivity contribution in [2.24, 2.45) is 0 Å². The van der Waals surface area contributed by atoms with Crippen molar-refractivity contribution in [2.75, 3.05) is 7.11 Å². The molecule has 0 aliphatic rings. The average molecular weight is 359 g/mol. The van der Waals surface area contributed by atoms with Crippen molar-refractivity contribution in [1.82, 2.24) is 0 Å².